The van der Waals surface area contributed by atoms with Crippen molar-refractivity contribution >= 4 is 11.9 Å². The van der Waals surface area contributed by atoms with Crippen LogP contribution in [0, 0.1) is 5.92 Å². The van der Waals surface area contributed by atoms with Gasteiger partial charge in [0.25, 0.3) is 0 Å². The molecule has 2 atom stereocenters. The molecule has 0 spiro atoms. The predicted molar refractivity (Wildman–Crippen MR) is 90.0 cm³/mol. The van der Waals surface area contributed by atoms with Gasteiger partial charge in [0.1, 0.15) is 6.10 Å². The van der Waals surface area contributed by atoms with E-state index in [1.165, 1.54) is 39.2 Å². The number of hydrogen-bond donors (Lipinski definition) is 1. The highest BCUT2D eigenvalue weighted by Crippen LogP contribution is 2.15. The average Bonchev–Trinajstić information content (AvgIpc) is 2.53. The summed E-state index contributed by atoms with van der Waals surface area (Å²) in [6.45, 7) is 5.79. The number of methoxy groups -OCH3 is 1. The van der Waals surface area contributed by atoms with Crippen molar-refractivity contribution in [3.63, 3.8) is 0 Å². The van der Waals surface area contributed by atoms with Gasteiger partial charge in [-0.3, -0.25) is 4.79 Å². The SMILES string of the molecule is CCCCCCCCCCC(=O)O[C@H](C(C)C)[C@@H](O)C(=O)OC. The molecule has 0 aromatic rings. The molecule has 5 heteroatoms. The summed E-state index contributed by atoms with van der Waals surface area (Å²) in [4.78, 5) is 23.2. The van der Waals surface area contributed by atoms with E-state index in [2.05, 4.69) is 11.7 Å². The Morgan fingerprint density at radius 2 is 1.48 bits per heavy atom. The van der Waals surface area contributed by atoms with Crippen molar-refractivity contribution < 1.29 is 24.2 Å². The summed E-state index contributed by atoms with van der Waals surface area (Å²) >= 11 is 0. The largest absolute Gasteiger partial charge is 0.467 e. The molecule has 0 heterocycles. The number of ether oxygens (including phenoxy) is 2. The minimum atomic E-state index is -1.43. The Kier molecular flexibility index (Phi) is 12.7. The minimum absolute atomic E-state index is 0.161. The molecule has 0 rings (SSSR count). The third kappa shape index (κ3) is 10.3. The number of aliphatic hydroxyl groups is 1. The van der Waals surface area contributed by atoms with E-state index in [0.29, 0.717) is 6.42 Å². The zero-order valence-electron chi connectivity index (χ0n) is 15.2. The molecule has 0 aliphatic carbocycles. The first-order valence-electron chi connectivity index (χ1n) is 8.89. The van der Waals surface area contributed by atoms with Crippen LogP contribution in [0.15, 0.2) is 0 Å². The summed E-state index contributed by atoms with van der Waals surface area (Å²) < 4.78 is 9.76. The summed E-state index contributed by atoms with van der Waals surface area (Å²) in [5.41, 5.74) is 0. The van der Waals surface area contributed by atoms with Crippen molar-refractivity contribution in [3.8, 4) is 0 Å². The van der Waals surface area contributed by atoms with E-state index >= 15 is 0 Å². The van der Waals surface area contributed by atoms with E-state index in [4.69, 9.17) is 4.74 Å². The van der Waals surface area contributed by atoms with Crippen LogP contribution in [0.3, 0.4) is 0 Å². The first-order chi connectivity index (χ1) is 10.9. The van der Waals surface area contributed by atoms with E-state index in [1.54, 1.807) is 13.8 Å². The molecule has 0 aliphatic heterocycles. The van der Waals surface area contributed by atoms with Crippen LogP contribution in [0.2, 0.25) is 0 Å². The molecule has 0 aliphatic rings. The number of esters is 2. The molecule has 0 amide bonds. The molecular formula is C18H34O5. The first kappa shape index (κ1) is 21.9. The summed E-state index contributed by atoms with van der Waals surface area (Å²) in [5, 5.41) is 9.86. The Morgan fingerprint density at radius 1 is 0.957 bits per heavy atom. The van der Waals surface area contributed by atoms with Gasteiger partial charge in [0, 0.05) is 6.42 Å². The minimum Gasteiger partial charge on any atom is -0.467 e. The Balaban J connectivity index is 3.94. The van der Waals surface area contributed by atoms with Crippen molar-refractivity contribution in [1.29, 1.82) is 0 Å². The maximum atomic E-state index is 11.9. The van der Waals surface area contributed by atoms with Gasteiger partial charge >= 0.3 is 11.9 Å². The smallest absolute Gasteiger partial charge is 0.338 e. The zero-order chi connectivity index (χ0) is 17.7. The summed E-state index contributed by atoms with van der Waals surface area (Å²) in [7, 11) is 1.20. The molecule has 0 radical (unpaired) electrons. The van der Waals surface area contributed by atoms with Crippen LogP contribution in [0.4, 0.5) is 0 Å². The molecule has 0 bridgehead atoms. The van der Waals surface area contributed by atoms with Gasteiger partial charge in [0.15, 0.2) is 6.10 Å². The monoisotopic (exact) mass is 330 g/mol. The van der Waals surface area contributed by atoms with Crippen molar-refractivity contribution in [2.75, 3.05) is 7.11 Å². The first-order valence-corrected chi connectivity index (χ1v) is 8.89. The fourth-order valence-electron chi connectivity index (χ4n) is 2.43. The van der Waals surface area contributed by atoms with Gasteiger partial charge in [-0.25, -0.2) is 4.79 Å². The summed E-state index contributed by atoms with van der Waals surface area (Å²) in [5.74, 6) is -1.30. The molecule has 0 aromatic carbocycles. The maximum Gasteiger partial charge on any atom is 0.338 e. The molecule has 1 N–H and O–H groups in total. The van der Waals surface area contributed by atoms with Gasteiger partial charge in [-0.1, -0.05) is 65.7 Å². The number of unbranched alkanes of at least 4 members (excludes halogenated alkanes) is 7. The Labute approximate surface area is 140 Å². The number of hydrogen-bond acceptors (Lipinski definition) is 5. The lowest BCUT2D eigenvalue weighted by Crippen LogP contribution is -2.41. The fourth-order valence-corrected chi connectivity index (χ4v) is 2.43. The van der Waals surface area contributed by atoms with Crippen molar-refractivity contribution in [2.24, 2.45) is 5.92 Å². The van der Waals surface area contributed by atoms with Crippen LogP contribution in [0.1, 0.15) is 78.6 Å². The Morgan fingerprint density at radius 3 is 1.96 bits per heavy atom. The van der Waals surface area contributed by atoms with Gasteiger partial charge in [-0.2, -0.15) is 0 Å². The van der Waals surface area contributed by atoms with Crippen LogP contribution in [-0.4, -0.2) is 36.4 Å². The highest BCUT2D eigenvalue weighted by molar-refractivity contribution is 5.76. The molecule has 136 valence electrons. The molecule has 0 saturated carbocycles. The fraction of sp³-hybridized carbons (Fsp3) is 0.889. The van der Waals surface area contributed by atoms with E-state index in [1.807, 2.05) is 0 Å². The van der Waals surface area contributed by atoms with Gasteiger partial charge < -0.3 is 14.6 Å². The molecule has 0 fully saturated rings. The molecule has 5 nitrogen and oxygen atoms in total. The number of carbonyl (C=O) groups excluding carboxylic acids is 2. The molecular weight excluding hydrogens is 296 g/mol. The van der Waals surface area contributed by atoms with E-state index < -0.39 is 18.2 Å². The van der Waals surface area contributed by atoms with Gasteiger partial charge in [-0.05, 0) is 12.3 Å². The van der Waals surface area contributed by atoms with Crippen molar-refractivity contribution in [1.82, 2.24) is 0 Å². The molecule has 23 heavy (non-hydrogen) atoms. The second-order valence-corrected chi connectivity index (χ2v) is 6.39. The lowest BCUT2D eigenvalue weighted by Gasteiger charge is -2.24. The zero-order valence-corrected chi connectivity index (χ0v) is 15.2. The topological polar surface area (TPSA) is 72.8 Å². The van der Waals surface area contributed by atoms with E-state index in [9.17, 15) is 14.7 Å². The highest BCUT2D eigenvalue weighted by Gasteiger charge is 2.32. The molecule has 0 unspecified atom stereocenters. The normalized spacial score (nSPS) is 13.7. The summed E-state index contributed by atoms with van der Waals surface area (Å²) in [6, 6.07) is 0. The third-order valence-corrected chi connectivity index (χ3v) is 3.91. The van der Waals surface area contributed by atoms with Crippen LogP contribution in [0.25, 0.3) is 0 Å². The van der Waals surface area contributed by atoms with Crippen molar-refractivity contribution in [3.05, 3.63) is 0 Å². The van der Waals surface area contributed by atoms with E-state index in [-0.39, 0.29) is 11.9 Å². The number of rotatable bonds is 13. The quantitative estimate of drug-likeness (QED) is 0.412. The number of aliphatic hydroxyl groups excluding tert-OH is 1. The third-order valence-electron chi connectivity index (χ3n) is 3.91. The lowest BCUT2D eigenvalue weighted by atomic mass is 10.0. The van der Waals surface area contributed by atoms with Gasteiger partial charge in [0.2, 0.25) is 0 Å². The molecule has 0 aromatic heterocycles. The van der Waals surface area contributed by atoms with Gasteiger partial charge in [0.05, 0.1) is 7.11 Å². The van der Waals surface area contributed by atoms with Crippen LogP contribution >= 0.6 is 0 Å². The standard InChI is InChI=1S/C18H34O5/c1-5-6-7-8-9-10-11-12-13-15(19)23-17(14(2)3)16(20)18(21)22-4/h14,16-17,20H,5-13H2,1-4H3/t16-,17-/m1/s1. The van der Waals surface area contributed by atoms with Gasteiger partial charge in [-0.15, -0.1) is 0 Å². The maximum absolute atomic E-state index is 11.9. The van der Waals surface area contributed by atoms with Crippen LogP contribution in [0.5, 0.6) is 0 Å². The number of carbonyl (C=O) groups is 2. The molecule has 0 saturated heterocycles. The van der Waals surface area contributed by atoms with Crippen LogP contribution in [-0.2, 0) is 19.1 Å². The van der Waals surface area contributed by atoms with E-state index in [0.717, 1.165) is 19.3 Å². The Hall–Kier alpha value is -1.10. The Bertz CT molecular complexity index is 327. The second kappa shape index (κ2) is 13.3. The van der Waals surface area contributed by atoms with Crippen molar-refractivity contribution in [2.45, 2.75) is 90.8 Å². The highest BCUT2D eigenvalue weighted by atomic mass is 16.6. The predicted octanol–water partition coefficient (Wildman–Crippen LogP) is 3.62. The van der Waals surface area contributed by atoms with Crippen LogP contribution < -0.4 is 0 Å². The summed E-state index contributed by atoms with van der Waals surface area (Å²) in [6.07, 6.45) is 7.28. The average molecular weight is 330 g/mol. The lowest BCUT2D eigenvalue weighted by molar-refractivity contribution is -0.171. The second-order valence-electron chi connectivity index (χ2n) is 6.39.